The van der Waals surface area contributed by atoms with Crippen molar-refractivity contribution in [3.8, 4) is 11.5 Å². The Morgan fingerprint density at radius 1 is 1.08 bits per heavy atom. The zero-order valence-corrected chi connectivity index (χ0v) is 21.1. The van der Waals surface area contributed by atoms with Gasteiger partial charge in [0.2, 0.25) is 0 Å². The van der Waals surface area contributed by atoms with Crippen molar-refractivity contribution in [1.82, 2.24) is 9.88 Å². The van der Waals surface area contributed by atoms with Crippen LogP contribution in [0.2, 0.25) is 0 Å². The number of likely N-dealkylation sites (tertiary alicyclic amines) is 1. The fourth-order valence-electron chi connectivity index (χ4n) is 4.01. The minimum Gasteiger partial charge on any atom is -0.491 e. The molecule has 2 aromatic carbocycles. The number of rotatable bonds is 7. The van der Waals surface area contributed by atoms with Crippen molar-refractivity contribution in [3.63, 3.8) is 0 Å². The van der Waals surface area contributed by atoms with E-state index in [1.54, 1.807) is 29.6 Å². The molecule has 1 aliphatic rings. The Hall–Kier alpha value is -3.60. The summed E-state index contributed by atoms with van der Waals surface area (Å²) in [6.45, 7) is 5.02. The molecule has 0 radical (unpaired) electrons. The third-order valence-electron chi connectivity index (χ3n) is 5.68. The summed E-state index contributed by atoms with van der Waals surface area (Å²) in [6, 6.07) is 12.2. The summed E-state index contributed by atoms with van der Waals surface area (Å²) in [6.07, 6.45) is -3.33. The van der Waals surface area contributed by atoms with Crippen LogP contribution >= 0.6 is 11.3 Å². The summed E-state index contributed by atoms with van der Waals surface area (Å²) < 4.78 is 46.8. The third-order valence-corrected chi connectivity index (χ3v) is 6.69. The normalized spacial score (nSPS) is 14.5. The lowest BCUT2D eigenvalue weighted by Gasteiger charge is -2.31. The maximum absolute atomic E-state index is 12.9. The molecule has 11 heteroatoms. The summed E-state index contributed by atoms with van der Waals surface area (Å²) in [5, 5.41) is 4.97. The van der Waals surface area contributed by atoms with E-state index in [-0.39, 0.29) is 29.3 Å². The molecule has 0 unspecified atom stereocenters. The van der Waals surface area contributed by atoms with Gasteiger partial charge in [0.25, 0.3) is 11.8 Å². The smallest absolute Gasteiger partial charge is 0.491 e. The largest absolute Gasteiger partial charge is 0.573 e. The molecule has 37 heavy (non-hydrogen) atoms. The van der Waals surface area contributed by atoms with Gasteiger partial charge in [-0.1, -0.05) is 6.07 Å². The number of hydrogen-bond donors (Lipinski definition) is 1. The van der Waals surface area contributed by atoms with Crippen LogP contribution in [0.1, 0.15) is 58.5 Å². The highest BCUT2D eigenvalue weighted by molar-refractivity contribution is 7.10. The van der Waals surface area contributed by atoms with Crippen molar-refractivity contribution in [3.05, 3.63) is 70.2 Å². The highest BCUT2D eigenvalue weighted by atomic mass is 32.1. The predicted molar refractivity (Wildman–Crippen MR) is 133 cm³/mol. The lowest BCUT2D eigenvalue weighted by molar-refractivity contribution is -0.274. The van der Waals surface area contributed by atoms with Gasteiger partial charge in [-0.05, 0) is 63.1 Å². The number of nitrogens with zero attached hydrogens (tertiary/aromatic N) is 2. The summed E-state index contributed by atoms with van der Waals surface area (Å²) in [4.78, 5) is 31.8. The highest BCUT2D eigenvalue weighted by Gasteiger charge is 2.31. The number of halogens is 3. The van der Waals surface area contributed by atoms with Gasteiger partial charge in [0, 0.05) is 41.7 Å². The summed E-state index contributed by atoms with van der Waals surface area (Å²) in [5.74, 6) is -0.155. The molecule has 1 saturated heterocycles. The van der Waals surface area contributed by atoms with Crippen molar-refractivity contribution in [2.45, 2.75) is 45.1 Å². The molecule has 7 nitrogen and oxygen atoms in total. The molecule has 3 aromatic rings. The molecule has 2 heterocycles. The van der Waals surface area contributed by atoms with E-state index in [9.17, 15) is 22.8 Å². The van der Waals surface area contributed by atoms with Crippen molar-refractivity contribution >= 4 is 28.8 Å². The van der Waals surface area contributed by atoms with Gasteiger partial charge >= 0.3 is 6.36 Å². The molecule has 196 valence electrons. The van der Waals surface area contributed by atoms with Crippen LogP contribution < -0.4 is 14.8 Å². The Balaban J connectivity index is 1.31. The topological polar surface area (TPSA) is 80.8 Å². The number of hydrogen-bond acceptors (Lipinski definition) is 6. The van der Waals surface area contributed by atoms with Crippen molar-refractivity contribution in [1.29, 1.82) is 0 Å². The van der Waals surface area contributed by atoms with Crippen LogP contribution in [-0.4, -0.2) is 47.3 Å². The lowest BCUT2D eigenvalue weighted by atomic mass is 9.97. The van der Waals surface area contributed by atoms with E-state index in [1.165, 1.54) is 23.5 Å². The summed E-state index contributed by atoms with van der Waals surface area (Å²) >= 11 is 1.36. The summed E-state index contributed by atoms with van der Waals surface area (Å²) in [5.41, 5.74) is 0.953. The van der Waals surface area contributed by atoms with E-state index in [4.69, 9.17) is 4.74 Å². The van der Waals surface area contributed by atoms with Crippen LogP contribution in [-0.2, 0) is 0 Å². The predicted octanol–water partition coefficient (Wildman–Crippen LogP) is 6.10. The van der Waals surface area contributed by atoms with Crippen LogP contribution in [0.4, 0.5) is 18.9 Å². The van der Waals surface area contributed by atoms with Gasteiger partial charge in [0.15, 0.2) is 0 Å². The second kappa shape index (κ2) is 11.2. The number of alkyl halides is 3. The minimum atomic E-state index is -4.82. The number of piperidine rings is 1. The van der Waals surface area contributed by atoms with Gasteiger partial charge < -0.3 is 19.7 Å². The van der Waals surface area contributed by atoms with E-state index in [0.717, 1.165) is 22.9 Å². The minimum absolute atomic E-state index is 0.0366. The molecule has 1 N–H and O–H groups in total. The Morgan fingerprint density at radius 2 is 1.78 bits per heavy atom. The maximum atomic E-state index is 12.9. The maximum Gasteiger partial charge on any atom is 0.573 e. The van der Waals surface area contributed by atoms with Gasteiger partial charge in [-0.15, -0.1) is 24.5 Å². The Kier molecular flexibility index (Phi) is 8.01. The number of carbonyl (C=O) groups is 2. The molecule has 0 bridgehead atoms. The van der Waals surface area contributed by atoms with E-state index >= 15 is 0 Å². The molecular formula is C26H26F3N3O4S. The molecule has 0 atom stereocenters. The van der Waals surface area contributed by atoms with Gasteiger partial charge in [-0.25, -0.2) is 4.98 Å². The standard InChI is InChI=1S/C26H26F3N3O4S/c1-16(2)35-20-8-6-18(7-9-20)25(34)32-12-10-17(11-13-32)24-31-22(15-37-24)23(33)30-19-4-3-5-21(14-19)36-26(27,28)29/h3-9,14-17H,10-13H2,1-2H3,(H,30,33). The van der Waals surface area contributed by atoms with Crippen LogP contribution in [0.15, 0.2) is 53.9 Å². The van der Waals surface area contributed by atoms with Crippen LogP contribution in [0.3, 0.4) is 0 Å². The third kappa shape index (κ3) is 7.22. The van der Waals surface area contributed by atoms with Crippen molar-refractivity contribution < 1.29 is 32.2 Å². The first-order chi connectivity index (χ1) is 17.6. The van der Waals surface area contributed by atoms with Crippen LogP contribution in [0.25, 0.3) is 0 Å². The number of benzene rings is 2. The van der Waals surface area contributed by atoms with E-state index < -0.39 is 18.0 Å². The second-order valence-corrected chi connectivity index (χ2v) is 9.75. The zero-order chi connectivity index (χ0) is 26.6. The van der Waals surface area contributed by atoms with Crippen molar-refractivity contribution in [2.75, 3.05) is 18.4 Å². The molecule has 1 aliphatic heterocycles. The first-order valence-electron chi connectivity index (χ1n) is 11.8. The zero-order valence-electron chi connectivity index (χ0n) is 20.2. The SMILES string of the molecule is CC(C)Oc1ccc(C(=O)N2CCC(c3nc(C(=O)Nc4cccc(OC(F)(F)F)c4)cs3)CC2)cc1. The Labute approximate surface area is 216 Å². The van der Waals surface area contributed by atoms with Crippen LogP contribution in [0.5, 0.6) is 11.5 Å². The molecule has 0 saturated carbocycles. The molecular weight excluding hydrogens is 507 g/mol. The number of ether oxygens (including phenoxy) is 2. The summed E-state index contributed by atoms with van der Waals surface area (Å²) in [7, 11) is 0. The number of anilines is 1. The first kappa shape index (κ1) is 26.5. The Morgan fingerprint density at radius 3 is 2.43 bits per heavy atom. The molecule has 1 fully saturated rings. The fourth-order valence-corrected chi connectivity index (χ4v) is 4.98. The Bertz CT molecular complexity index is 1240. The quantitative estimate of drug-likeness (QED) is 0.397. The van der Waals surface area contributed by atoms with Gasteiger partial charge in [0.1, 0.15) is 17.2 Å². The average Bonchev–Trinajstić information content (AvgIpc) is 3.34. The number of carbonyl (C=O) groups excluding carboxylic acids is 2. The highest BCUT2D eigenvalue weighted by Crippen LogP contribution is 2.31. The monoisotopic (exact) mass is 533 g/mol. The number of thiazole rings is 1. The molecule has 4 rings (SSSR count). The lowest BCUT2D eigenvalue weighted by Crippen LogP contribution is -2.37. The van der Waals surface area contributed by atoms with Gasteiger partial charge in [-0.2, -0.15) is 0 Å². The number of nitrogens with one attached hydrogen (secondary N) is 1. The molecule has 0 aliphatic carbocycles. The van der Waals surface area contributed by atoms with E-state index in [2.05, 4.69) is 15.0 Å². The second-order valence-electron chi connectivity index (χ2n) is 8.86. The average molecular weight is 534 g/mol. The number of amides is 2. The van der Waals surface area contributed by atoms with E-state index in [0.29, 0.717) is 31.5 Å². The number of aromatic nitrogens is 1. The molecule has 1 aromatic heterocycles. The molecule has 0 spiro atoms. The van der Waals surface area contributed by atoms with Crippen molar-refractivity contribution in [2.24, 2.45) is 0 Å². The van der Waals surface area contributed by atoms with Gasteiger partial charge in [0.05, 0.1) is 11.1 Å². The fraction of sp³-hybridized carbons (Fsp3) is 0.346. The van der Waals surface area contributed by atoms with Gasteiger partial charge in [-0.3, -0.25) is 9.59 Å². The van der Waals surface area contributed by atoms with E-state index in [1.807, 2.05) is 18.7 Å². The first-order valence-corrected chi connectivity index (χ1v) is 12.6. The molecule has 2 amide bonds. The van der Waals surface area contributed by atoms with Crippen LogP contribution in [0, 0.1) is 0 Å².